The Morgan fingerprint density at radius 1 is 1.28 bits per heavy atom. The summed E-state index contributed by atoms with van der Waals surface area (Å²) in [5.74, 6) is 0.263. The van der Waals surface area contributed by atoms with Crippen LogP contribution >= 0.6 is 11.6 Å². The number of rotatable bonds is 8. The monoisotopic (exact) mass is 270 g/mol. The molecule has 0 saturated carbocycles. The summed E-state index contributed by atoms with van der Waals surface area (Å²) in [5, 5.41) is 13.6. The zero-order chi connectivity index (χ0) is 13.4. The summed E-state index contributed by atoms with van der Waals surface area (Å²) >= 11 is 6.03. The molecule has 4 heteroatoms. The van der Waals surface area contributed by atoms with E-state index in [-0.39, 0.29) is 5.75 Å². The lowest BCUT2D eigenvalue weighted by atomic mass is 10.2. The Bertz CT molecular complexity index is 333. The van der Waals surface area contributed by atoms with Gasteiger partial charge in [-0.3, -0.25) is 0 Å². The van der Waals surface area contributed by atoms with Crippen molar-refractivity contribution < 1.29 is 5.11 Å². The first-order chi connectivity index (χ1) is 8.69. The molecule has 18 heavy (non-hydrogen) atoms. The van der Waals surface area contributed by atoms with Crippen molar-refractivity contribution >= 4 is 11.6 Å². The van der Waals surface area contributed by atoms with Crippen molar-refractivity contribution in [2.24, 2.45) is 0 Å². The lowest BCUT2D eigenvalue weighted by Crippen LogP contribution is -2.27. The smallest absolute Gasteiger partial charge is 0.121 e. The van der Waals surface area contributed by atoms with Crippen LogP contribution in [0.15, 0.2) is 18.2 Å². The fourth-order valence-electron chi connectivity index (χ4n) is 1.90. The first kappa shape index (κ1) is 15.3. The molecule has 0 fully saturated rings. The molecule has 1 aromatic carbocycles. The van der Waals surface area contributed by atoms with Crippen molar-refractivity contribution in [2.45, 2.75) is 26.8 Å². The highest BCUT2D eigenvalue weighted by molar-refractivity contribution is 6.31. The molecule has 0 aromatic heterocycles. The largest absolute Gasteiger partial charge is 0.508 e. The first-order valence-corrected chi connectivity index (χ1v) is 6.96. The second-order valence-corrected chi connectivity index (χ2v) is 4.70. The second-order valence-electron chi connectivity index (χ2n) is 4.29. The third-order valence-corrected chi connectivity index (χ3v) is 3.47. The highest BCUT2D eigenvalue weighted by Gasteiger charge is 2.05. The average molecular weight is 271 g/mol. The first-order valence-electron chi connectivity index (χ1n) is 6.58. The maximum Gasteiger partial charge on any atom is 0.121 e. The van der Waals surface area contributed by atoms with Gasteiger partial charge in [0.05, 0.1) is 0 Å². The molecule has 102 valence electrons. The van der Waals surface area contributed by atoms with Gasteiger partial charge in [0.2, 0.25) is 0 Å². The minimum Gasteiger partial charge on any atom is -0.508 e. The van der Waals surface area contributed by atoms with Gasteiger partial charge in [0.1, 0.15) is 5.75 Å². The molecule has 0 saturated heterocycles. The molecular formula is C14H23ClN2O. The second kappa shape index (κ2) is 8.35. The Hall–Kier alpha value is -0.770. The number of phenolic OH excluding ortho intramolecular Hbond substituents is 1. The molecular weight excluding hydrogens is 248 g/mol. The minimum absolute atomic E-state index is 0.263. The van der Waals surface area contributed by atoms with E-state index in [9.17, 15) is 5.11 Å². The summed E-state index contributed by atoms with van der Waals surface area (Å²) in [5.41, 5.74) is 0.780. The molecule has 0 radical (unpaired) electrons. The van der Waals surface area contributed by atoms with Crippen LogP contribution in [0.25, 0.3) is 0 Å². The molecule has 3 nitrogen and oxygen atoms in total. The van der Waals surface area contributed by atoms with Crippen LogP contribution in [-0.4, -0.2) is 36.2 Å². The number of aromatic hydroxyl groups is 1. The van der Waals surface area contributed by atoms with Crippen LogP contribution in [0.1, 0.15) is 25.8 Å². The van der Waals surface area contributed by atoms with Crippen LogP contribution in [0.3, 0.4) is 0 Å². The summed E-state index contributed by atoms with van der Waals surface area (Å²) in [6.45, 7) is 9.21. The van der Waals surface area contributed by atoms with Gasteiger partial charge >= 0.3 is 0 Å². The van der Waals surface area contributed by atoms with E-state index in [4.69, 9.17) is 11.6 Å². The number of nitrogens with zero attached hydrogens (tertiary/aromatic N) is 1. The summed E-state index contributed by atoms with van der Waals surface area (Å²) < 4.78 is 0. The Morgan fingerprint density at radius 2 is 2.00 bits per heavy atom. The van der Waals surface area contributed by atoms with Crippen molar-refractivity contribution in [1.82, 2.24) is 10.2 Å². The van der Waals surface area contributed by atoms with Crippen LogP contribution < -0.4 is 5.32 Å². The summed E-state index contributed by atoms with van der Waals surface area (Å²) in [6, 6.07) is 5.22. The number of nitrogens with one attached hydrogen (secondary N) is 1. The van der Waals surface area contributed by atoms with Crippen molar-refractivity contribution in [3.8, 4) is 5.75 Å². The molecule has 0 heterocycles. The zero-order valence-electron chi connectivity index (χ0n) is 11.2. The standard InChI is InChI=1S/C14H23ClN2O/c1-3-17(4-2)10-6-9-16-11-12-13(15)7-5-8-14(12)18/h5,7-8,16,18H,3-4,6,9-11H2,1-2H3. The quantitative estimate of drug-likeness (QED) is 0.713. The van der Waals surface area contributed by atoms with Crippen molar-refractivity contribution in [3.05, 3.63) is 28.8 Å². The highest BCUT2D eigenvalue weighted by atomic mass is 35.5. The van der Waals surface area contributed by atoms with E-state index >= 15 is 0 Å². The number of halogens is 1. The molecule has 0 aliphatic carbocycles. The van der Waals surface area contributed by atoms with Crippen LogP contribution in [0.5, 0.6) is 5.75 Å². The number of benzene rings is 1. The molecule has 2 N–H and O–H groups in total. The van der Waals surface area contributed by atoms with E-state index in [2.05, 4.69) is 24.1 Å². The predicted molar refractivity (Wildman–Crippen MR) is 77.2 cm³/mol. The van der Waals surface area contributed by atoms with Crippen molar-refractivity contribution in [2.75, 3.05) is 26.2 Å². The normalized spacial score (nSPS) is 11.1. The van der Waals surface area contributed by atoms with Gasteiger partial charge in [-0.1, -0.05) is 31.5 Å². The van der Waals surface area contributed by atoms with Gasteiger partial charge in [-0.25, -0.2) is 0 Å². The van der Waals surface area contributed by atoms with E-state index in [0.29, 0.717) is 11.6 Å². The van der Waals surface area contributed by atoms with E-state index in [1.807, 2.05) is 0 Å². The molecule has 0 bridgehead atoms. The number of phenols is 1. The Balaban J connectivity index is 2.26. The number of hydrogen-bond donors (Lipinski definition) is 2. The van der Waals surface area contributed by atoms with Crippen LogP contribution in [0, 0.1) is 0 Å². The maximum atomic E-state index is 9.68. The number of hydrogen-bond acceptors (Lipinski definition) is 3. The van der Waals surface area contributed by atoms with Crippen molar-refractivity contribution in [3.63, 3.8) is 0 Å². The van der Waals surface area contributed by atoms with Crippen LogP contribution in [-0.2, 0) is 6.54 Å². The topological polar surface area (TPSA) is 35.5 Å². The average Bonchev–Trinajstić information content (AvgIpc) is 2.37. The minimum atomic E-state index is 0.263. The van der Waals surface area contributed by atoms with E-state index in [1.165, 1.54) is 0 Å². The van der Waals surface area contributed by atoms with Gasteiger partial charge in [0, 0.05) is 17.1 Å². The van der Waals surface area contributed by atoms with E-state index in [0.717, 1.165) is 38.2 Å². The predicted octanol–water partition coefficient (Wildman–Crippen LogP) is 2.87. The summed E-state index contributed by atoms with van der Waals surface area (Å²) in [7, 11) is 0. The molecule has 0 unspecified atom stereocenters. The Morgan fingerprint density at radius 3 is 2.61 bits per heavy atom. The Labute approximate surface area is 115 Å². The SMILES string of the molecule is CCN(CC)CCCNCc1c(O)cccc1Cl. The zero-order valence-corrected chi connectivity index (χ0v) is 12.0. The third-order valence-electron chi connectivity index (χ3n) is 3.12. The molecule has 1 aromatic rings. The van der Waals surface area contributed by atoms with Gasteiger partial charge in [0.15, 0.2) is 0 Å². The highest BCUT2D eigenvalue weighted by Crippen LogP contribution is 2.24. The Kier molecular flexibility index (Phi) is 7.09. The molecule has 1 rings (SSSR count). The fourth-order valence-corrected chi connectivity index (χ4v) is 2.14. The third kappa shape index (κ3) is 4.84. The van der Waals surface area contributed by atoms with Gasteiger partial charge < -0.3 is 15.3 Å². The molecule has 0 amide bonds. The van der Waals surface area contributed by atoms with Gasteiger partial charge in [0.25, 0.3) is 0 Å². The van der Waals surface area contributed by atoms with Crippen LogP contribution in [0.2, 0.25) is 5.02 Å². The van der Waals surface area contributed by atoms with Gasteiger partial charge in [-0.05, 0) is 44.7 Å². The van der Waals surface area contributed by atoms with E-state index in [1.54, 1.807) is 18.2 Å². The maximum absolute atomic E-state index is 9.68. The molecule has 0 spiro atoms. The lowest BCUT2D eigenvalue weighted by Gasteiger charge is -2.17. The molecule has 0 aliphatic rings. The van der Waals surface area contributed by atoms with Crippen molar-refractivity contribution in [1.29, 1.82) is 0 Å². The fraction of sp³-hybridized carbons (Fsp3) is 0.571. The van der Waals surface area contributed by atoms with Gasteiger partial charge in [-0.2, -0.15) is 0 Å². The van der Waals surface area contributed by atoms with E-state index < -0.39 is 0 Å². The van der Waals surface area contributed by atoms with Gasteiger partial charge in [-0.15, -0.1) is 0 Å². The molecule has 0 aliphatic heterocycles. The van der Waals surface area contributed by atoms with Crippen LogP contribution in [0.4, 0.5) is 0 Å². The summed E-state index contributed by atoms with van der Waals surface area (Å²) in [6.07, 6.45) is 1.10. The lowest BCUT2D eigenvalue weighted by molar-refractivity contribution is 0.298. The summed E-state index contributed by atoms with van der Waals surface area (Å²) in [4.78, 5) is 2.40. The molecule has 0 atom stereocenters.